The van der Waals surface area contributed by atoms with Crippen molar-refractivity contribution in [1.82, 2.24) is 0 Å². The quantitative estimate of drug-likeness (QED) is 0.313. The number of carbonyl (C=O) groups is 4. The Labute approximate surface area is 181 Å². The molecule has 20 heavy (non-hydrogen) atoms. The molecule has 0 heterocycles. The van der Waals surface area contributed by atoms with E-state index in [-0.39, 0.29) is 92.5 Å². The van der Waals surface area contributed by atoms with Gasteiger partial charge in [-0.15, -0.1) is 0 Å². The fourth-order valence-corrected chi connectivity index (χ4v) is 0. The van der Waals surface area contributed by atoms with Crippen molar-refractivity contribution >= 4 is 94.0 Å². The molecule has 0 atom stereocenters. The average molecular weight is 428 g/mol. The van der Waals surface area contributed by atoms with Gasteiger partial charge in [0.1, 0.15) is 0 Å². The topological polar surface area (TPSA) is 149 Å². The van der Waals surface area contributed by atoms with Crippen molar-refractivity contribution in [2.45, 2.75) is 27.7 Å². The van der Waals surface area contributed by atoms with E-state index in [0.29, 0.717) is 0 Å². The van der Waals surface area contributed by atoms with Crippen LogP contribution in [0.15, 0.2) is 0 Å². The first-order valence-corrected chi connectivity index (χ1v) is 3.71. The minimum atomic E-state index is -0.833. The third-order valence-corrected chi connectivity index (χ3v) is 0. The monoisotopic (exact) mass is 427 g/mol. The molecule has 0 aliphatic heterocycles. The van der Waals surface area contributed by atoms with Gasteiger partial charge in [-0.1, -0.05) is 0 Å². The smallest absolute Gasteiger partial charge is 0.0149 e. The van der Waals surface area contributed by atoms with Crippen LogP contribution in [0.5, 0.6) is 0 Å². The van der Waals surface area contributed by atoms with Crippen LogP contribution in [-0.2, 0) is 41.6 Å². The molecule has 0 saturated carbocycles. The van der Waals surface area contributed by atoms with Gasteiger partial charge in [0.15, 0.2) is 0 Å². The van der Waals surface area contributed by atoms with Gasteiger partial charge in [0.05, 0.1) is 0 Å². The summed E-state index contributed by atoms with van der Waals surface area (Å²) in [4.78, 5) is 36.0. The number of aliphatic carboxylic acids is 4. The van der Waals surface area contributed by atoms with E-state index in [1.165, 1.54) is 0 Å². The second-order valence-corrected chi connectivity index (χ2v) is 2.08. The van der Waals surface area contributed by atoms with E-state index in [1.807, 2.05) is 0 Å². The Morgan fingerprint density at radius 3 is 0.550 bits per heavy atom. The van der Waals surface area contributed by atoms with Crippen molar-refractivity contribution in [3.05, 3.63) is 0 Å². The Balaban J connectivity index is -0.0000000150. The maximum absolute atomic E-state index is 9.00. The van der Waals surface area contributed by atoms with Crippen molar-refractivity contribution in [3.8, 4) is 0 Å². The van der Waals surface area contributed by atoms with Crippen LogP contribution < -0.4 is 0 Å². The van der Waals surface area contributed by atoms with E-state index in [0.717, 1.165) is 27.7 Å². The summed E-state index contributed by atoms with van der Waals surface area (Å²) < 4.78 is 0. The standard InChI is InChI=1S/4C2H4O2.Ag.2Na.H4Si.2H/c4*1-2(3)4;;;;;;/h4*1H3,(H,3,4);;;;1H4;;. The average Bonchev–Trinajstić information content (AvgIpc) is 1.76. The van der Waals surface area contributed by atoms with E-state index in [1.54, 1.807) is 0 Å². The molecule has 0 fully saturated rings. The van der Waals surface area contributed by atoms with Gasteiger partial charge in [0.2, 0.25) is 0 Å². The van der Waals surface area contributed by atoms with Gasteiger partial charge < -0.3 is 20.4 Å². The predicted octanol–water partition coefficient (Wildman–Crippen LogP) is -2.39. The minimum absolute atomic E-state index is 0. The fourth-order valence-electron chi connectivity index (χ4n) is 0. The Morgan fingerprint density at radius 1 is 0.550 bits per heavy atom. The number of carboxylic acid groups (broad SMARTS) is 4. The summed E-state index contributed by atoms with van der Waals surface area (Å²) in [6.07, 6.45) is 0. The Hall–Kier alpha value is 0.837. The molecule has 0 aromatic rings. The summed E-state index contributed by atoms with van der Waals surface area (Å²) in [6.45, 7) is 4.33. The van der Waals surface area contributed by atoms with E-state index < -0.39 is 23.9 Å². The molecular formula is C8H22AgNa2O8Si. The van der Waals surface area contributed by atoms with Gasteiger partial charge in [0, 0.05) is 50.1 Å². The van der Waals surface area contributed by atoms with Crippen molar-refractivity contribution < 1.29 is 62.0 Å². The zero-order valence-corrected chi connectivity index (χ0v) is 11.2. The number of hydrogen-bond donors (Lipinski definition) is 4. The molecule has 0 rings (SSSR count). The third kappa shape index (κ3) is 8550. The van der Waals surface area contributed by atoms with Crippen LogP contribution >= 0.6 is 0 Å². The minimum Gasteiger partial charge on any atom is -0.0149 e. The van der Waals surface area contributed by atoms with Crippen molar-refractivity contribution in [3.63, 3.8) is 0 Å². The molecule has 0 saturated heterocycles. The molecule has 0 unspecified atom stereocenters. The van der Waals surface area contributed by atoms with E-state index in [2.05, 4.69) is 0 Å². The molecule has 0 aliphatic carbocycles. The first-order chi connectivity index (χ1) is 6.93. The third-order valence-electron chi connectivity index (χ3n) is 0. The second kappa shape index (κ2) is 42.7. The summed E-state index contributed by atoms with van der Waals surface area (Å²) in [6, 6.07) is 0. The van der Waals surface area contributed by atoms with Gasteiger partial charge in [-0.2, -0.15) is 0 Å². The predicted molar refractivity (Wildman–Crippen MR) is 78.9 cm³/mol. The summed E-state index contributed by atoms with van der Waals surface area (Å²) in [7, 11) is 0. The summed E-state index contributed by atoms with van der Waals surface area (Å²) in [5.41, 5.74) is 0. The van der Waals surface area contributed by atoms with Gasteiger partial charge in [-0.25, -0.2) is 0 Å². The van der Waals surface area contributed by atoms with Crippen LogP contribution in [0, 0.1) is 0 Å². The molecule has 0 aromatic heterocycles. The molecule has 0 aromatic carbocycles. The first kappa shape index (κ1) is 49.8. The van der Waals surface area contributed by atoms with Crippen LogP contribution in [0.1, 0.15) is 27.7 Å². The first-order valence-electron chi connectivity index (χ1n) is 3.71. The number of hydrogen-bond acceptors (Lipinski definition) is 4. The molecule has 1 radical (unpaired) electrons. The molecule has 0 aliphatic rings. The molecule has 0 amide bonds. The van der Waals surface area contributed by atoms with Crippen molar-refractivity contribution in [1.29, 1.82) is 0 Å². The molecule has 4 N–H and O–H groups in total. The normalized spacial score (nSPS) is 5.00. The van der Waals surface area contributed by atoms with Gasteiger partial charge >= 0.3 is 59.1 Å². The zero-order chi connectivity index (χ0) is 14.3. The van der Waals surface area contributed by atoms with Crippen LogP contribution in [-0.4, -0.2) is 114 Å². The van der Waals surface area contributed by atoms with Crippen LogP contribution in [0.4, 0.5) is 0 Å². The summed E-state index contributed by atoms with van der Waals surface area (Å²) in [5, 5.41) is 29.7. The molecule has 0 spiro atoms. The van der Waals surface area contributed by atoms with Gasteiger partial charge in [0.25, 0.3) is 23.9 Å². The molecule has 119 valence electrons. The largest absolute Gasteiger partial charge is 0.0149 e. The molecule has 12 heteroatoms. The van der Waals surface area contributed by atoms with Crippen molar-refractivity contribution in [2.24, 2.45) is 0 Å². The van der Waals surface area contributed by atoms with E-state index in [9.17, 15) is 0 Å². The Bertz CT molecular complexity index is 177. The van der Waals surface area contributed by atoms with E-state index in [4.69, 9.17) is 39.6 Å². The number of carboxylic acids is 4. The summed E-state index contributed by atoms with van der Waals surface area (Å²) in [5.74, 6) is -3.33. The second-order valence-electron chi connectivity index (χ2n) is 2.08. The SMILES string of the molecule is CC(=O)O.CC(=O)O.CC(=O)O.CC(=O)O.[Ag].[NaH].[NaH].[SiH4]. The Kier molecular flexibility index (Phi) is 106. The zero-order valence-electron chi connectivity index (χ0n) is 9.72. The van der Waals surface area contributed by atoms with Crippen LogP contribution in [0.3, 0.4) is 0 Å². The van der Waals surface area contributed by atoms with Crippen molar-refractivity contribution in [2.75, 3.05) is 0 Å². The molecular weight excluding hydrogens is 406 g/mol. The Morgan fingerprint density at radius 2 is 0.550 bits per heavy atom. The van der Waals surface area contributed by atoms with Crippen LogP contribution in [0.2, 0.25) is 0 Å². The maximum Gasteiger partial charge on any atom is -0.0149 e. The fraction of sp³-hybridized carbons (Fsp3) is 0.500. The van der Waals surface area contributed by atoms with Gasteiger partial charge in [-0.05, 0) is 11.0 Å². The molecule has 0 bridgehead atoms. The maximum atomic E-state index is 9.00. The van der Waals surface area contributed by atoms with E-state index >= 15 is 0 Å². The van der Waals surface area contributed by atoms with Crippen LogP contribution in [0.25, 0.3) is 0 Å². The number of rotatable bonds is 0. The molecule has 8 nitrogen and oxygen atoms in total. The van der Waals surface area contributed by atoms with Gasteiger partial charge in [-0.3, -0.25) is 19.2 Å². The summed E-state index contributed by atoms with van der Waals surface area (Å²) >= 11 is 0.